The molecule has 1 N–H and O–H groups in total. The number of carboxylic acids is 1. The molecule has 0 saturated heterocycles. The summed E-state index contributed by atoms with van der Waals surface area (Å²) in [5.74, 6) is -0.941. The molecule has 3 nitrogen and oxygen atoms in total. The minimum Gasteiger partial charge on any atom is -0.478 e. The van der Waals surface area contributed by atoms with E-state index in [2.05, 4.69) is 20.9 Å². The average Bonchev–Trinajstić information content (AvgIpc) is 2.29. The Morgan fingerprint density at radius 2 is 2.12 bits per heavy atom. The predicted octanol–water partition coefficient (Wildman–Crippen LogP) is 3.69. The molecule has 5 heteroatoms. The van der Waals surface area contributed by atoms with Crippen LogP contribution in [0.1, 0.15) is 10.4 Å². The number of nitrogens with zero attached hydrogens (tertiary/aromatic N) is 1. The maximum Gasteiger partial charge on any atom is 0.335 e. The summed E-state index contributed by atoms with van der Waals surface area (Å²) in [5.41, 5.74) is 0.248. The topological polar surface area (TPSA) is 50.2 Å². The fourth-order valence-corrected chi connectivity index (χ4v) is 2.67. The van der Waals surface area contributed by atoms with Crippen molar-refractivity contribution in [2.75, 3.05) is 0 Å². The molecule has 0 fully saturated rings. The third kappa shape index (κ3) is 3.31. The SMILES string of the molecule is O=C(O)c1ccnc(Sc2cccc(Br)c2)c1. The molecule has 0 aliphatic rings. The Hall–Kier alpha value is -1.33. The lowest BCUT2D eigenvalue weighted by Gasteiger charge is -2.02. The van der Waals surface area contributed by atoms with Gasteiger partial charge in [-0.25, -0.2) is 9.78 Å². The number of carbonyl (C=O) groups is 1. The van der Waals surface area contributed by atoms with E-state index in [1.807, 2.05) is 24.3 Å². The second-order valence-electron chi connectivity index (χ2n) is 3.25. The summed E-state index contributed by atoms with van der Waals surface area (Å²) >= 11 is 4.81. The maximum atomic E-state index is 10.8. The molecular weight excluding hydrogens is 302 g/mol. The number of hydrogen-bond donors (Lipinski definition) is 1. The first-order chi connectivity index (χ1) is 8.15. The average molecular weight is 310 g/mol. The monoisotopic (exact) mass is 309 g/mol. The van der Waals surface area contributed by atoms with Gasteiger partial charge in [-0.3, -0.25) is 0 Å². The summed E-state index contributed by atoms with van der Waals surface area (Å²) in [7, 11) is 0. The summed E-state index contributed by atoms with van der Waals surface area (Å²) in [4.78, 5) is 16.0. The van der Waals surface area contributed by atoms with Crippen molar-refractivity contribution in [2.24, 2.45) is 0 Å². The van der Waals surface area contributed by atoms with E-state index in [1.54, 1.807) is 6.07 Å². The van der Waals surface area contributed by atoms with Crippen molar-refractivity contribution in [1.82, 2.24) is 4.98 Å². The van der Waals surface area contributed by atoms with Crippen LogP contribution in [0.4, 0.5) is 0 Å². The third-order valence-electron chi connectivity index (χ3n) is 2.00. The van der Waals surface area contributed by atoms with Gasteiger partial charge in [-0.05, 0) is 30.3 Å². The highest BCUT2D eigenvalue weighted by molar-refractivity contribution is 9.10. The fourth-order valence-electron chi connectivity index (χ4n) is 1.25. The lowest BCUT2D eigenvalue weighted by molar-refractivity contribution is 0.0696. The van der Waals surface area contributed by atoms with Gasteiger partial charge >= 0.3 is 5.97 Å². The minimum atomic E-state index is -0.941. The number of hydrogen-bond acceptors (Lipinski definition) is 3. The fraction of sp³-hybridized carbons (Fsp3) is 0. The Morgan fingerprint density at radius 3 is 2.82 bits per heavy atom. The van der Waals surface area contributed by atoms with Crippen molar-refractivity contribution in [1.29, 1.82) is 0 Å². The molecule has 0 unspecified atom stereocenters. The van der Waals surface area contributed by atoms with E-state index in [-0.39, 0.29) is 5.56 Å². The van der Waals surface area contributed by atoms with E-state index in [4.69, 9.17) is 5.11 Å². The van der Waals surface area contributed by atoms with Crippen LogP contribution in [0.2, 0.25) is 0 Å². The molecule has 0 aliphatic carbocycles. The predicted molar refractivity (Wildman–Crippen MR) is 69.5 cm³/mol. The highest BCUT2D eigenvalue weighted by atomic mass is 79.9. The summed E-state index contributed by atoms with van der Waals surface area (Å²) in [5, 5.41) is 9.54. The zero-order valence-electron chi connectivity index (χ0n) is 8.63. The van der Waals surface area contributed by atoms with Gasteiger partial charge in [0.25, 0.3) is 0 Å². The molecule has 2 rings (SSSR count). The molecule has 0 bridgehead atoms. The number of carboxylic acid groups (broad SMARTS) is 1. The van der Waals surface area contributed by atoms with Crippen LogP contribution in [0.15, 0.2) is 57.0 Å². The molecule has 0 spiro atoms. The molecule has 0 atom stereocenters. The van der Waals surface area contributed by atoms with E-state index in [9.17, 15) is 4.79 Å². The van der Waals surface area contributed by atoms with Crippen molar-refractivity contribution in [3.8, 4) is 0 Å². The molecule has 0 amide bonds. The highest BCUT2D eigenvalue weighted by Gasteiger charge is 2.05. The smallest absolute Gasteiger partial charge is 0.335 e. The molecule has 2 aromatic rings. The van der Waals surface area contributed by atoms with Gasteiger partial charge in [-0.15, -0.1) is 0 Å². The lowest BCUT2D eigenvalue weighted by Crippen LogP contribution is -1.96. The number of aromatic nitrogens is 1. The molecule has 86 valence electrons. The molecule has 1 heterocycles. The number of rotatable bonds is 3. The first kappa shape index (κ1) is 12.1. The molecule has 1 aromatic heterocycles. The highest BCUT2D eigenvalue weighted by Crippen LogP contribution is 2.28. The van der Waals surface area contributed by atoms with Gasteiger partial charge in [-0.2, -0.15) is 0 Å². The molecule has 0 radical (unpaired) electrons. The zero-order chi connectivity index (χ0) is 12.3. The molecule has 0 aliphatic heterocycles. The van der Waals surface area contributed by atoms with E-state index in [1.165, 1.54) is 24.0 Å². The van der Waals surface area contributed by atoms with Gasteiger partial charge in [0.1, 0.15) is 5.03 Å². The Morgan fingerprint density at radius 1 is 1.29 bits per heavy atom. The summed E-state index contributed by atoms with van der Waals surface area (Å²) in [6, 6.07) is 10.8. The summed E-state index contributed by atoms with van der Waals surface area (Å²) < 4.78 is 0.983. The van der Waals surface area contributed by atoms with Crippen molar-refractivity contribution >= 4 is 33.7 Å². The first-order valence-electron chi connectivity index (χ1n) is 4.78. The number of benzene rings is 1. The van der Waals surface area contributed by atoms with Gasteiger partial charge in [0.05, 0.1) is 5.56 Å². The molecular formula is C12H8BrNO2S. The zero-order valence-corrected chi connectivity index (χ0v) is 11.0. The maximum absolute atomic E-state index is 10.8. The summed E-state index contributed by atoms with van der Waals surface area (Å²) in [6.45, 7) is 0. The van der Waals surface area contributed by atoms with Crippen LogP contribution in [-0.4, -0.2) is 16.1 Å². The molecule has 0 saturated carbocycles. The first-order valence-corrected chi connectivity index (χ1v) is 6.39. The van der Waals surface area contributed by atoms with Crippen LogP contribution in [0, 0.1) is 0 Å². The third-order valence-corrected chi connectivity index (χ3v) is 3.42. The van der Waals surface area contributed by atoms with Gasteiger partial charge in [-0.1, -0.05) is 33.8 Å². The van der Waals surface area contributed by atoms with Crippen molar-refractivity contribution in [2.45, 2.75) is 9.92 Å². The minimum absolute atomic E-state index is 0.248. The van der Waals surface area contributed by atoms with E-state index < -0.39 is 5.97 Å². The molecule has 17 heavy (non-hydrogen) atoms. The van der Waals surface area contributed by atoms with Crippen LogP contribution in [-0.2, 0) is 0 Å². The van der Waals surface area contributed by atoms with E-state index in [0.717, 1.165) is 9.37 Å². The van der Waals surface area contributed by atoms with Gasteiger partial charge in [0.15, 0.2) is 0 Å². The van der Waals surface area contributed by atoms with Gasteiger partial charge < -0.3 is 5.11 Å². The van der Waals surface area contributed by atoms with Crippen molar-refractivity contribution in [3.05, 3.63) is 52.6 Å². The Balaban J connectivity index is 2.24. The Bertz CT molecular complexity index is 560. The van der Waals surface area contributed by atoms with Crippen LogP contribution < -0.4 is 0 Å². The number of aromatic carboxylic acids is 1. The quantitative estimate of drug-likeness (QED) is 0.939. The van der Waals surface area contributed by atoms with Gasteiger partial charge in [0, 0.05) is 15.6 Å². The lowest BCUT2D eigenvalue weighted by atomic mass is 10.3. The number of halogens is 1. The van der Waals surface area contributed by atoms with Crippen LogP contribution in [0.25, 0.3) is 0 Å². The second-order valence-corrected chi connectivity index (χ2v) is 5.26. The second kappa shape index (κ2) is 5.33. The van der Waals surface area contributed by atoms with Crippen LogP contribution in [0.5, 0.6) is 0 Å². The van der Waals surface area contributed by atoms with Crippen molar-refractivity contribution in [3.63, 3.8) is 0 Å². The van der Waals surface area contributed by atoms with Crippen molar-refractivity contribution < 1.29 is 9.90 Å². The Kier molecular flexibility index (Phi) is 3.81. The number of pyridine rings is 1. The summed E-state index contributed by atoms with van der Waals surface area (Å²) in [6.07, 6.45) is 1.50. The normalized spacial score (nSPS) is 10.2. The van der Waals surface area contributed by atoms with Crippen LogP contribution >= 0.6 is 27.7 Å². The standard InChI is InChI=1S/C12H8BrNO2S/c13-9-2-1-3-10(7-9)17-11-6-8(12(15)16)4-5-14-11/h1-7H,(H,15,16). The van der Waals surface area contributed by atoms with Gasteiger partial charge in [0.2, 0.25) is 0 Å². The largest absolute Gasteiger partial charge is 0.478 e. The molecule has 1 aromatic carbocycles. The van der Waals surface area contributed by atoms with E-state index >= 15 is 0 Å². The van der Waals surface area contributed by atoms with Crippen LogP contribution in [0.3, 0.4) is 0 Å². The Labute approximate surface area is 111 Å². The van der Waals surface area contributed by atoms with E-state index in [0.29, 0.717) is 5.03 Å².